The van der Waals surface area contributed by atoms with Crippen LogP contribution in [-0.2, 0) is 20.0 Å². The maximum absolute atomic E-state index is 9.81. The number of aromatic nitrogens is 2. The van der Waals surface area contributed by atoms with Crippen molar-refractivity contribution in [3.05, 3.63) is 41.7 Å². The number of hydrogen-bond donors (Lipinski definition) is 2. The molecule has 24 heavy (non-hydrogen) atoms. The summed E-state index contributed by atoms with van der Waals surface area (Å²) in [6, 6.07) is 7.79. The highest BCUT2D eigenvalue weighted by Crippen LogP contribution is 2.17. The third kappa shape index (κ3) is 5.54. The largest absolute Gasteiger partial charge is 0.491 e. The van der Waals surface area contributed by atoms with E-state index in [1.54, 1.807) is 0 Å². The van der Waals surface area contributed by atoms with E-state index >= 15 is 0 Å². The highest BCUT2D eigenvalue weighted by atomic mass is 16.5. The number of anilines is 1. The zero-order chi connectivity index (χ0) is 17.5. The maximum Gasteiger partial charge on any atom is 0.119 e. The molecule has 0 saturated carbocycles. The van der Waals surface area contributed by atoms with Gasteiger partial charge in [-0.1, -0.05) is 6.92 Å². The molecule has 2 aromatic rings. The number of ether oxygens (including phenoxy) is 1. The van der Waals surface area contributed by atoms with Gasteiger partial charge in [0, 0.05) is 37.6 Å². The number of aryl methyl sites for hydroxylation is 2. The average molecular weight is 332 g/mol. The van der Waals surface area contributed by atoms with Crippen molar-refractivity contribution < 1.29 is 9.84 Å². The van der Waals surface area contributed by atoms with E-state index < -0.39 is 6.10 Å². The standard InChI is InChI=1S/C18H28N4O2/c1-5-18-14(11-22(4)20-18)10-19-15-6-8-17(9-7-15)24-13-16(23)12-21(2)3/h6-9,11,16,19,23H,5,10,12-13H2,1-4H3. The summed E-state index contributed by atoms with van der Waals surface area (Å²) in [5.74, 6) is 0.758. The van der Waals surface area contributed by atoms with Gasteiger partial charge >= 0.3 is 0 Å². The van der Waals surface area contributed by atoms with Gasteiger partial charge in [-0.2, -0.15) is 5.10 Å². The second kappa shape index (κ2) is 8.70. The summed E-state index contributed by atoms with van der Waals surface area (Å²) in [4.78, 5) is 1.93. The van der Waals surface area contributed by atoms with Crippen LogP contribution in [0.5, 0.6) is 5.75 Å². The molecule has 1 unspecified atom stereocenters. The van der Waals surface area contributed by atoms with E-state index in [-0.39, 0.29) is 0 Å². The molecule has 0 saturated heterocycles. The molecule has 0 aliphatic heterocycles. The minimum atomic E-state index is -0.490. The fourth-order valence-corrected chi connectivity index (χ4v) is 2.56. The number of aliphatic hydroxyl groups is 1. The first-order valence-corrected chi connectivity index (χ1v) is 8.28. The molecule has 0 aliphatic rings. The molecule has 0 amide bonds. The fourth-order valence-electron chi connectivity index (χ4n) is 2.56. The van der Waals surface area contributed by atoms with Crippen molar-refractivity contribution in [3.63, 3.8) is 0 Å². The van der Waals surface area contributed by atoms with Crippen molar-refractivity contribution in [2.24, 2.45) is 7.05 Å². The maximum atomic E-state index is 9.81. The Bertz CT molecular complexity index is 622. The van der Waals surface area contributed by atoms with Gasteiger partial charge in [0.15, 0.2) is 0 Å². The number of benzene rings is 1. The molecule has 6 nitrogen and oxygen atoms in total. The number of rotatable bonds is 9. The lowest BCUT2D eigenvalue weighted by Gasteiger charge is -2.16. The Morgan fingerprint density at radius 3 is 2.62 bits per heavy atom. The van der Waals surface area contributed by atoms with Crippen LogP contribution in [0.15, 0.2) is 30.5 Å². The zero-order valence-electron chi connectivity index (χ0n) is 15.0. The molecule has 132 valence electrons. The van der Waals surface area contributed by atoms with E-state index in [4.69, 9.17) is 4.74 Å². The fraction of sp³-hybridized carbons (Fsp3) is 0.500. The van der Waals surface area contributed by atoms with Crippen LogP contribution in [0.2, 0.25) is 0 Å². The zero-order valence-corrected chi connectivity index (χ0v) is 15.0. The molecule has 0 bridgehead atoms. The highest BCUT2D eigenvalue weighted by Gasteiger charge is 2.07. The minimum Gasteiger partial charge on any atom is -0.491 e. The normalized spacial score (nSPS) is 12.4. The van der Waals surface area contributed by atoms with Gasteiger partial charge in [-0.25, -0.2) is 0 Å². The first-order chi connectivity index (χ1) is 11.5. The third-order valence-corrected chi connectivity index (χ3v) is 3.68. The molecule has 6 heteroatoms. The molecule has 1 aromatic heterocycles. The van der Waals surface area contributed by atoms with Crippen LogP contribution >= 0.6 is 0 Å². The third-order valence-electron chi connectivity index (χ3n) is 3.68. The van der Waals surface area contributed by atoms with Crippen LogP contribution < -0.4 is 10.1 Å². The summed E-state index contributed by atoms with van der Waals surface area (Å²) in [5.41, 5.74) is 3.37. The van der Waals surface area contributed by atoms with Crippen LogP contribution in [0.1, 0.15) is 18.2 Å². The van der Waals surface area contributed by atoms with Gasteiger partial charge < -0.3 is 20.1 Å². The van der Waals surface area contributed by atoms with Gasteiger partial charge in [-0.3, -0.25) is 4.68 Å². The van der Waals surface area contributed by atoms with Gasteiger partial charge in [0.2, 0.25) is 0 Å². The first-order valence-electron chi connectivity index (χ1n) is 8.28. The van der Waals surface area contributed by atoms with E-state index in [1.165, 1.54) is 5.56 Å². The lowest BCUT2D eigenvalue weighted by molar-refractivity contribution is 0.0831. The minimum absolute atomic E-state index is 0.292. The molecule has 1 heterocycles. The topological polar surface area (TPSA) is 62.6 Å². The van der Waals surface area contributed by atoms with Crippen molar-refractivity contribution >= 4 is 5.69 Å². The molecule has 2 N–H and O–H groups in total. The molecular formula is C18H28N4O2. The Labute approximate surface area is 144 Å². The Hall–Kier alpha value is -2.05. The van der Waals surface area contributed by atoms with Gasteiger partial charge in [0.05, 0.1) is 5.69 Å². The molecular weight excluding hydrogens is 304 g/mol. The Morgan fingerprint density at radius 2 is 2.00 bits per heavy atom. The van der Waals surface area contributed by atoms with Crippen molar-refractivity contribution in [2.75, 3.05) is 32.6 Å². The predicted molar refractivity (Wildman–Crippen MR) is 96.4 cm³/mol. The monoisotopic (exact) mass is 332 g/mol. The molecule has 1 atom stereocenters. The van der Waals surface area contributed by atoms with Crippen molar-refractivity contribution in [1.82, 2.24) is 14.7 Å². The number of hydrogen-bond acceptors (Lipinski definition) is 5. The van der Waals surface area contributed by atoms with Gasteiger partial charge in [-0.05, 0) is 44.8 Å². The van der Waals surface area contributed by atoms with E-state index in [9.17, 15) is 5.11 Å². The Balaban J connectivity index is 1.83. The van der Waals surface area contributed by atoms with E-state index in [1.807, 2.05) is 55.0 Å². The molecule has 0 fully saturated rings. The van der Waals surface area contributed by atoms with E-state index in [0.29, 0.717) is 13.2 Å². The second-order valence-corrected chi connectivity index (χ2v) is 6.23. The molecule has 0 aliphatic carbocycles. The summed E-state index contributed by atoms with van der Waals surface area (Å²) in [7, 11) is 5.80. The molecule has 0 radical (unpaired) electrons. The first kappa shape index (κ1) is 18.3. The molecule has 0 spiro atoms. The number of nitrogens with one attached hydrogen (secondary N) is 1. The Kier molecular flexibility index (Phi) is 6.63. The molecule has 1 aromatic carbocycles. The quantitative estimate of drug-likeness (QED) is 0.734. The Morgan fingerprint density at radius 1 is 1.29 bits per heavy atom. The van der Waals surface area contributed by atoms with Crippen LogP contribution in [0.3, 0.4) is 0 Å². The lowest BCUT2D eigenvalue weighted by Crippen LogP contribution is -2.30. The van der Waals surface area contributed by atoms with Crippen LogP contribution in [0.25, 0.3) is 0 Å². The van der Waals surface area contributed by atoms with Gasteiger partial charge in [0.1, 0.15) is 18.5 Å². The van der Waals surface area contributed by atoms with E-state index in [0.717, 1.165) is 30.1 Å². The number of aliphatic hydroxyl groups excluding tert-OH is 1. The van der Waals surface area contributed by atoms with Crippen molar-refractivity contribution in [2.45, 2.75) is 26.0 Å². The summed E-state index contributed by atoms with van der Waals surface area (Å²) in [6.07, 6.45) is 2.49. The SMILES string of the molecule is CCc1nn(C)cc1CNc1ccc(OCC(O)CN(C)C)cc1. The molecule has 2 rings (SSSR count). The van der Waals surface area contributed by atoms with Crippen molar-refractivity contribution in [3.8, 4) is 5.75 Å². The number of likely N-dealkylation sites (N-methyl/N-ethyl adjacent to an activating group) is 1. The van der Waals surface area contributed by atoms with Gasteiger partial charge in [-0.15, -0.1) is 0 Å². The summed E-state index contributed by atoms with van der Waals surface area (Å²) in [5, 5.41) is 17.7. The summed E-state index contributed by atoms with van der Waals surface area (Å²) < 4.78 is 7.46. The highest BCUT2D eigenvalue weighted by molar-refractivity contribution is 5.47. The predicted octanol–water partition coefficient (Wildman–Crippen LogP) is 1.90. The van der Waals surface area contributed by atoms with Crippen LogP contribution in [0.4, 0.5) is 5.69 Å². The summed E-state index contributed by atoms with van der Waals surface area (Å²) in [6.45, 7) is 3.74. The lowest BCUT2D eigenvalue weighted by atomic mass is 10.2. The average Bonchev–Trinajstić information content (AvgIpc) is 2.91. The smallest absolute Gasteiger partial charge is 0.119 e. The number of nitrogens with zero attached hydrogens (tertiary/aromatic N) is 3. The van der Waals surface area contributed by atoms with E-state index in [2.05, 4.69) is 23.5 Å². The second-order valence-electron chi connectivity index (χ2n) is 6.23. The van der Waals surface area contributed by atoms with Gasteiger partial charge in [0.25, 0.3) is 0 Å². The van der Waals surface area contributed by atoms with Crippen LogP contribution in [0, 0.1) is 0 Å². The van der Waals surface area contributed by atoms with Crippen molar-refractivity contribution in [1.29, 1.82) is 0 Å². The van der Waals surface area contributed by atoms with Crippen LogP contribution in [-0.4, -0.2) is 53.1 Å². The summed E-state index contributed by atoms with van der Waals surface area (Å²) >= 11 is 0.